The van der Waals surface area contributed by atoms with E-state index in [-0.39, 0.29) is 16.7 Å². The standard InChI is InChI=1S/C15H28N2O2/c1-14(6-5-9-16-10-14)13(18)17-11-15(12-19-2)7-3-4-8-15/h16H,3-12H2,1-2H3,(H,17,18)/t14-/m0/s1. The highest BCUT2D eigenvalue weighted by Crippen LogP contribution is 2.38. The van der Waals surface area contributed by atoms with E-state index < -0.39 is 0 Å². The summed E-state index contributed by atoms with van der Waals surface area (Å²) in [4.78, 5) is 12.4. The van der Waals surface area contributed by atoms with E-state index in [1.54, 1.807) is 7.11 Å². The van der Waals surface area contributed by atoms with Gasteiger partial charge in [0.05, 0.1) is 12.0 Å². The van der Waals surface area contributed by atoms with Crippen molar-refractivity contribution in [2.75, 3.05) is 33.4 Å². The third-order valence-electron chi connectivity index (χ3n) is 4.88. The zero-order valence-corrected chi connectivity index (χ0v) is 12.4. The number of carbonyl (C=O) groups excluding carboxylic acids is 1. The van der Waals surface area contributed by atoms with E-state index in [2.05, 4.69) is 17.6 Å². The summed E-state index contributed by atoms with van der Waals surface area (Å²) >= 11 is 0. The van der Waals surface area contributed by atoms with Crippen LogP contribution in [0.5, 0.6) is 0 Å². The van der Waals surface area contributed by atoms with Crippen LogP contribution in [0.4, 0.5) is 0 Å². The maximum absolute atomic E-state index is 12.4. The summed E-state index contributed by atoms with van der Waals surface area (Å²) in [7, 11) is 1.76. The lowest BCUT2D eigenvalue weighted by Crippen LogP contribution is -2.51. The molecule has 2 N–H and O–H groups in total. The summed E-state index contributed by atoms with van der Waals surface area (Å²) in [6.07, 6.45) is 6.96. The van der Waals surface area contributed by atoms with Gasteiger partial charge in [0.25, 0.3) is 0 Å². The quantitative estimate of drug-likeness (QED) is 0.798. The fourth-order valence-electron chi connectivity index (χ4n) is 3.53. The highest BCUT2D eigenvalue weighted by atomic mass is 16.5. The third kappa shape index (κ3) is 3.48. The average molecular weight is 268 g/mol. The van der Waals surface area contributed by atoms with Crippen LogP contribution >= 0.6 is 0 Å². The van der Waals surface area contributed by atoms with Crippen molar-refractivity contribution >= 4 is 5.91 Å². The maximum Gasteiger partial charge on any atom is 0.227 e. The summed E-state index contributed by atoms with van der Waals surface area (Å²) in [6, 6.07) is 0. The van der Waals surface area contributed by atoms with E-state index in [0.717, 1.165) is 39.1 Å². The topological polar surface area (TPSA) is 50.4 Å². The van der Waals surface area contributed by atoms with Crippen LogP contribution in [0, 0.1) is 10.8 Å². The summed E-state index contributed by atoms with van der Waals surface area (Å²) in [5.41, 5.74) is -0.0476. The SMILES string of the molecule is COCC1(CNC(=O)[C@@]2(C)CCCNC2)CCCC1. The molecule has 0 radical (unpaired) electrons. The lowest BCUT2D eigenvalue weighted by Gasteiger charge is -2.35. The number of methoxy groups -OCH3 is 1. The number of amides is 1. The monoisotopic (exact) mass is 268 g/mol. The van der Waals surface area contributed by atoms with Gasteiger partial charge in [-0.05, 0) is 39.2 Å². The Morgan fingerprint density at radius 1 is 1.26 bits per heavy atom. The molecule has 1 aliphatic heterocycles. The van der Waals surface area contributed by atoms with Gasteiger partial charge in [-0.3, -0.25) is 4.79 Å². The molecule has 1 aliphatic carbocycles. The fourth-order valence-corrected chi connectivity index (χ4v) is 3.53. The van der Waals surface area contributed by atoms with Crippen molar-refractivity contribution in [3.8, 4) is 0 Å². The van der Waals surface area contributed by atoms with Crippen LogP contribution in [0.1, 0.15) is 45.4 Å². The zero-order chi connectivity index (χ0) is 13.8. The predicted molar refractivity (Wildman–Crippen MR) is 76.0 cm³/mol. The highest BCUT2D eigenvalue weighted by Gasteiger charge is 2.38. The van der Waals surface area contributed by atoms with Gasteiger partial charge in [0.2, 0.25) is 5.91 Å². The molecule has 0 bridgehead atoms. The van der Waals surface area contributed by atoms with E-state index in [1.807, 2.05) is 0 Å². The number of hydrogen-bond acceptors (Lipinski definition) is 3. The number of rotatable bonds is 5. The van der Waals surface area contributed by atoms with Crippen molar-refractivity contribution in [2.45, 2.75) is 45.4 Å². The molecular weight excluding hydrogens is 240 g/mol. The summed E-state index contributed by atoms with van der Waals surface area (Å²) in [5.74, 6) is 0.210. The van der Waals surface area contributed by atoms with E-state index >= 15 is 0 Å². The van der Waals surface area contributed by atoms with Crippen LogP contribution in [0.3, 0.4) is 0 Å². The molecule has 1 heterocycles. The zero-order valence-electron chi connectivity index (χ0n) is 12.4. The minimum atomic E-state index is -0.231. The van der Waals surface area contributed by atoms with Gasteiger partial charge >= 0.3 is 0 Å². The lowest BCUT2D eigenvalue weighted by atomic mass is 9.81. The van der Waals surface area contributed by atoms with Crippen LogP contribution in [-0.4, -0.2) is 39.3 Å². The molecule has 19 heavy (non-hydrogen) atoms. The van der Waals surface area contributed by atoms with Gasteiger partial charge in [-0.15, -0.1) is 0 Å². The fraction of sp³-hybridized carbons (Fsp3) is 0.933. The van der Waals surface area contributed by atoms with Gasteiger partial charge in [-0.1, -0.05) is 12.8 Å². The Bertz CT molecular complexity index is 305. The Morgan fingerprint density at radius 2 is 2.00 bits per heavy atom. The van der Waals surface area contributed by atoms with Gasteiger partial charge in [0, 0.05) is 25.6 Å². The summed E-state index contributed by atoms with van der Waals surface area (Å²) < 4.78 is 5.37. The van der Waals surface area contributed by atoms with Crippen LogP contribution < -0.4 is 10.6 Å². The van der Waals surface area contributed by atoms with Gasteiger partial charge in [-0.2, -0.15) is 0 Å². The van der Waals surface area contributed by atoms with Crippen LogP contribution in [-0.2, 0) is 9.53 Å². The Hall–Kier alpha value is -0.610. The van der Waals surface area contributed by atoms with Crippen molar-refractivity contribution < 1.29 is 9.53 Å². The Kier molecular flexibility index (Phi) is 4.85. The second-order valence-electron chi connectivity index (χ2n) is 6.66. The van der Waals surface area contributed by atoms with Crippen molar-refractivity contribution in [1.29, 1.82) is 0 Å². The second kappa shape index (κ2) is 6.23. The molecule has 0 unspecified atom stereocenters. The Morgan fingerprint density at radius 3 is 2.58 bits per heavy atom. The molecule has 2 rings (SSSR count). The molecule has 1 saturated heterocycles. The van der Waals surface area contributed by atoms with Crippen LogP contribution in [0.25, 0.3) is 0 Å². The van der Waals surface area contributed by atoms with Crippen molar-refractivity contribution in [3.63, 3.8) is 0 Å². The molecule has 4 heteroatoms. The van der Waals surface area contributed by atoms with Crippen LogP contribution in [0.15, 0.2) is 0 Å². The summed E-state index contributed by atoms with van der Waals surface area (Å²) in [5, 5.41) is 6.53. The van der Waals surface area contributed by atoms with Gasteiger partial charge < -0.3 is 15.4 Å². The number of piperidine rings is 1. The van der Waals surface area contributed by atoms with E-state index in [4.69, 9.17) is 4.74 Å². The normalized spacial score (nSPS) is 30.2. The molecule has 2 aliphatic rings. The minimum absolute atomic E-state index is 0.183. The number of hydrogen-bond donors (Lipinski definition) is 2. The van der Waals surface area contributed by atoms with Crippen molar-refractivity contribution in [2.24, 2.45) is 10.8 Å². The van der Waals surface area contributed by atoms with Gasteiger partial charge in [-0.25, -0.2) is 0 Å². The lowest BCUT2D eigenvalue weighted by molar-refractivity contribution is -0.131. The Balaban J connectivity index is 1.88. The first-order valence-corrected chi connectivity index (χ1v) is 7.58. The third-order valence-corrected chi connectivity index (χ3v) is 4.88. The first-order chi connectivity index (χ1) is 9.10. The molecule has 0 spiro atoms. The number of carbonyl (C=O) groups is 1. The highest BCUT2D eigenvalue weighted by molar-refractivity contribution is 5.82. The number of nitrogens with one attached hydrogen (secondary N) is 2. The Labute approximate surface area is 116 Å². The molecule has 110 valence electrons. The molecule has 0 aromatic heterocycles. The molecule has 0 aromatic rings. The van der Waals surface area contributed by atoms with Crippen molar-refractivity contribution in [1.82, 2.24) is 10.6 Å². The maximum atomic E-state index is 12.4. The smallest absolute Gasteiger partial charge is 0.227 e. The van der Waals surface area contributed by atoms with Gasteiger partial charge in [0.15, 0.2) is 0 Å². The molecule has 1 atom stereocenters. The molecule has 4 nitrogen and oxygen atoms in total. The molecular formula is C15H28N2O2. The largest absolute Gasteiger partial charge is 0.384 e. The van der Waals surface area contributed by atoms with E-state index in [0.29, 0.717) is 0 Å². The van der Waals surface area contributed by atoms with E-state index in [1.165, 1.54) is 25.7 Å². The first kappa shape index (κ1) is 14.8. The van der Waals surface area contributed by atoms with Gasteiger partial charge in [0.1, 0.15) is 0 Å². The molecule has 1 amide bonds. The molecule has 0 aromatic carbocycles. The average Bonchev–Trinajstić information content (AvgIpc) is 2.86. The second-order valence-corrected chi connectivity index (χ2v) is 6.66. The molecule has 1 saturated carbocycles. The van der Waals surface area contributed by atoms with E-state index in [9.17, 15) is 4.79 Å². The predicted octanol–water partition coefficient (Wildman–Crippen LogP) is 1.70. The van der Waals surface area contributed by atoms with Crippen molar-refractivity contribution in [3.05, 3.63) is 0 Å². The van der Waals surface area contributed by atoms with Crippen LogP contribution in [0.2, 0.25) is 0 Å². The minimum Gasteiger partial charge on any atom is -0.384 e. The molecule has 2 fully saturated rings. The summed E-state index contributed by atoms with van der Waals surface area (Å²) in [6.45, 7) is 5.45. The first-order valence-electron chi connectivity index (χ1n) is 7.58. The number of ether oxygens (including phenoxy) is 1.